The molecular formula is C29H32N2O3Si. The summed E-state index contributed by atoms with van der Waals surface area (Å²) >= 11 is 0. The fraction of sp³-hybridized carbons (Fsp3) is 0.276. The number of benzene rings is 3. The van der Waals surface area contributed by atoms with Gasteiger partial charge in [0.25, 0.3) is 0 Å². The normalized spacial score (nSPS) is 13.9. The highest BCUT2D eigenvalue weighted by molar-refractivity contribution is 6.80. The molecule has 0 bridgehead atoms. The third-order valence-corrected chi connectivity index (χ3v) is 8.90. The Morgan fingerprint density at radius 1 is 0.914 bits per heavy atom. The van der Waals surface area contributed by atoms with Crippen LogP contribution in [0.1, 0.15) is 43.8 Å². The molecule has 1 aliphatic heterocycles. The van der Waals surface area contributed by atoms with E-state index in [1.54, 1.807) is 0 Å². The molecule has 0 aliphatic carbocycles. The number of imidazole rings is 1. The van der Waals surface area contributed by atoms with Crippen LogP contribution in [0.3, 0.4) is 0 Å². The molecule has 3 aromatic carbocycles. The number of aromatic nitrogens is 2. The first-order valence-corrected chi connectivity index (χ1v) is 13.7. The third kappa shape index (κ3) is 5.04. The van der Waals surface area contributed by atoms with E-state index in [1.807, 2.05) is 12.4 Å². The van der Waals surface area contributed by atoms with Crippen molar-refractivity contribution in [3.05, 3.63) is 102 Å². The van der Waals surface area contributed by atoms with Crippen LogP contribution in [0.2, 0.25) is 0 Å². The fourth-order valence-corrected chi connectivity index (χ4v) is 7.27. The van der Waals surface area contributed by atoms with Crippen molar-refractivity contribution in [2.75, 3.05) is 6.79 Å². The highest BCUT2D eigenvalue weighted by Crippen LogP contribution is 2.39. The zero-order valence-corrected chi connectivity index (χ0v) is 21.9. The molecule has 2 heterocycles. The molecule has 0 fully saturated rings. The van der Waals surface area contributed by atoms with Crippen LogP contribution in [0.4, 0.5) is 0 Å². The Balaban J connectivity index is 1.52. The fourth-order valence-electron chi connectivity index (χ4n) is 4.61. The molecule has 1 unspecified atom stereocenters. The quantitative estimate of drug-likeness (QED) is 0.360. The Kier molecular flexibility index (Phi) is 6.50. The molecule has 0 radical (unpaired) electrons. The topological polar surface area (TPSA) is 45.5 Å². The highest BCUT2D eigenvalue weighted by Gasteiger charge is 2.35. The maximum absolute atomic E-state index is 7.20. The van der Waals surface area contributed by atoms with E-state index in [0.717, 1.165) is 28.5 Å². The summed E-state index contributed by atoms with van der Waals surface area (Å²) in [5, 5.41) is 2.54. The van der Waals surface area contributed by atoms with Gasteiger partial charge in [0, 0.05) is 6.54 Å². The summed E-state index contributed by atoms with van der Waals surface area (Å²) in [5.74, 6) is 1.59. The van der Waals surface area contributed by atoms with E-state index < -0.39 is 9.04 Å². The van der Waals surface area contributed by atoms with Gasteiger partial charge in [-0.05, 0) is 40.4 Å². The standard InChI is InChI=1S/C29H32N2O3Si/c1-21-27(31(19-30-21)18-22-15-16-25-26(17-22)33-20-32-25)28(29(2,3)4)34-35(23-11-7-5-8-12-23)24-13-9-6-10-14-24/h5-17,19,28,35H,18,20H2,1-4H3. The molecular weight excluding hydrogens is 452 g/mol. The van der Waals surface area contributed by atoms with Gasteiger partial charge in [0.2, 0.25) is 15.8 Å². The van der Waals surface area contributed by atoms with Gasteiger partial charge in [-0.25, -0.2) is 4.98 Å². The van der Waals surface area contributed by atoms with Crippen LogP contribution in [0.15, 0.2) is 85.2 Å². The molecule has 1 aromatic heterocycles. The maximum Gasteiger partial charge on any atom is 0.240 e. The van der Waals surface area contributed by atoms with Crippen LogP contribution >= 0.6 is 0 Å². The first kappa shape index (κ1) is 23.4. The molecule has 0 spiro atoms. The van der Waals surface area contributed by atoms with E-state index in [2.05, 4.69) is 105 Å². The van der Waals surface area contributed by atoms with Crippen molar-refractivity contribution in [3.63, 3.8) is 0 Å². The number of hydrogen-bond donors (Lipinski definition) is 0. The summed E-state index contributed by atoms with van der Waals surface area (Å²) in [5.41, 5.74) is 3.13. The second kappa shape index (κ2) is 9.72. The number of hydrogen-bond acceptors (Lipinski definition) is 4. The molecule has 35 heavy (non-hydrogen) atoms. The van der Waals surface area contributed by atoms with Crippen molar-refractivity contribution in [2.24, 2.45) is 5.41 Å². The van der Waals surface area contributed by atoms with Crippen molar-refractivity contribution < 1.29 is 13.9 Å². The predicted molar refractivity (Wildman–Crippen MR) is 141 cm³/mol. The third-order valence-electron chi connectivity index (χ3n) is 6.37. The Morgan fingerprint density at radius 3 is 2.17 bits per heavy atom. The second-order valence-electron chi connectivity index (χ2n) is 10.1. The molecule has 180 valence electrons. The van der Waals surface area contributed by atoms with E-state index in [-0.39, 0.29) is 18.3 Å². The number of nitrogens with zero attached hydrogens (tertiary/aromatic N) is 2. The average molecular weight is 485 g/mol. The SMILES string of the molecule is Cc1ncn(Cc2ccc3c(c2)OCO3)c1C(O[SiH](c1ccccc1)c1ccccc1)C(C)(C)C. The Hall–Kier alpha value is -3.35. The molecule has 5 nitrogen and oxygen atoms in total. The van der Waals surface area contributed by atoms with Crippen molar-refractivity contribution in [1.29, 1.82) is 0 Å². The Morgan fingerprint density at radius 2 is 1.54 bits per heavy atom. The zero-order valence-electron chi connectivity index (χ0n) is 20.8. The van der Waals surface area contributed by atoms with E-state index in [0.29, 0.717) is 6.54 Å². The van der Waals surface area contributed by atoms with Gasteiger partial charge in [-0.3, -0.25) is 0 Å². The van der Waals surface area contributed by atoms with Crippen LogP contribution in [-0.2, 0) is 11.0 Å². The summed E-state index contributed by atoms with van der Waals surface area (Å²) in [7, 11) is -1.97. The molecule has 5 rings (SSSR count). The average Bonchev–Trinajstić information content (AvgIpc) is 3.46. The van der Waals surface area contributed by atoms with Gasteiger partial charge < -0.3 is 18.5 Å². The monoisotopic (exact) mass is 484 g/mol. The molecule has 0 saturated heterocycles. The van der Waals surface area contributed by atoms with E-state index in [4.69, 9.17) is 18.9 Å². The number of rotatable bonds is 7. The lowest BCUT2D eigenvalue weighted by atomic mass is 9.86. The van der Waals surface area contributed by atoms with Crippen molar-refractivity contribution in [1.82, 2.24) is 9.55 Å². The molecule has 0 saturated carbocycles. The van der Waals surface area contributed by atoms with E-state index in [1.165, 1.54) is 10.4 Å². The zero-order chi connectivity index (χ0) is 24.4. The van der Waals surface area contributed by atoms with Gasteiger partial charge in [0.15, 0.2) is 11.5 Å². The van der Waals surface area contributed by atoms with Gasteiger partial charge in [0.1, 0.15) is 0 Å². The molecule has 0 amide bonds. The van der Waals surface area contributed by atoms with E-state index in [9.17, 15) is 0 Å². The van der Waals surface area contributed by atoms with Crippen LogP contribution < -0.4 is 19.8 Å². The van der Waals surface area contributed by atoms with Crippen LogP contribution in [0.5, 0.6) is 11.5 Å². The molecule has 1 aliphatic rings. The second-order valence-corrected chi connectivity index (χ2v) is 12.5. The van der Waals surface area contributed by atoms with Crippen LogP contribution in [-0.4, -0.2) is 25.4 Å². The van der Waals surface area contributed by atoms with E-state index >= 15 is 0 Å². The highest BCUT2D eigenvalue weighted by atomic mass is 28.3. The van der Waals surface area contributed by atoms with Crippen LogP contribution in [0.25, 0.3) is 0 Å². The Labute approximate surface area is 209 Å². The first-order chi connectivity index (χ1) is 16.9. The van der Waals surface area contributed by atoms with Gasteiger partial charge in [-0.1, -0.05) is 87.5 Å². The van der Waals surface area contributed by atoms with Gasteiger partial charge in [-0.15, -0.1) is 0 Å². The maximum atomic E-state index is 7.20. The summed E-state index contributed by atoms with van der Waals surface area (Å²) in [6.45, 7) is 9.78. The molecule has 0 N–H and O–H groups in total. The van der Waals surface area contributed by atoms with Gasteiger partial charge in [0.05, 0.1) is 23.8 Å². The molecule has 6 heteroatoms. The number of ether oxygens (including phenoxy) is 2. The van der Waals surface area contributed by atoms with Gasteiger partial charge >= 0.3 is 0 Å². The molecule has 4 aromatic rings. The largest absolute Gasteiger partial charge is 0.454 e. The first-order valence-electron chi connectivity index (χ1n) is 12.1. The predicted octanol–water partition coefficient (Wildman–Crippen LogP) is 4.61. The summed E-state index contributed by atoms with van der Waals surface area (Å²) < 4.78 is 20.5. The lowest BCUT2D eigenvalue weighted by molar-refractivity contribution is 0.0819. The van der Waals surface area contributed by atoms with Crippen molar-refractivity contribution >= 4 is 19.4 Å². The lowest BCUT2D eigenvalue weighted by Gasteiger charge is -2.35. The minimum absolute atomic E-state index is 0.129. The number of fused-ring (bicyclic) bond motifs is 1. The lowest BCUT2D eigenvalue weighted by Crippen LogP contribution is -2.47. The summed E-state index contributed by atoms with van der Waals surface area (Å²) in [6, 6.07) is 27.4. The minimum atomic E-state index is -1.97. The minimum Gasteiger partial charge on any atom is -0.454 e. The summed E-state index contributed by atoms with van der Waals surface area (Å²) in [4.78, 5) is 4.71. The van der Waals surface area contributed by atoms with Crippen molar-refractivity contribution in [3.8, 4) is 11.5 Å². The number of aryl methyl sites for hydroxylation is 1. The van der Waals surface area contributed by atoms with Gasteiger partial charge in [-0.2, -0.15) is 0 Å². The Bertz CT molecular complexity index is 1240. The summed E-state index contributed by atoms with van der Waals surface area (Å²) in [6.07, 6.45) is 1.80. The smallest absolute Gasteiger partial charge is 0.240 e. The molecule has 1 atom stereocenters. The van der Waals surface area contributed by atoms with Crippen LogP contribution in [0, 0.1) is 12.3 Å². The van der Waals surface area contributed by atoms with Crippen molar-refractivity contribution in [2.45, 2.75) is 40.3 Å².